The first-order valence-corrected chi connectivity index (χ1v) is 7.92. The van der Waals surface area contributed by atoms with Gasteiger partial charge in [-0.15, -0.1) is 0 Å². The van der Waals surface area contributed by atoms with Crippen LogP contribution in [0, 0.1) is 6.92 Å². The Balaban J connectivity index is 1.59. The SMILES string of the molecule is Cc1ccc2cc(C(=O)NC3CCN(CC(N)=O)CC3)[nH]c2c1. The molecule has 0 aliphatic carbocycles. The van der Waals surface area contributed by atoms with E-state index in [1.807, 2.05) is 36.1 Å². The Hall–Kier alpha value is -2.34. The van der Waals surface area contributed by atoms with Gasteiger partial charge in [-0.2, -0.15) is 0 Å². The number of aryl methyl sites for hydroxylation is 1. The number of likely N-dealkylation sites (tertiary alicyclic amines) is 1. The molecule has 122 valence electrons. The summed E-state index contributed by atoms with van der Waals surface area (Å²) in [5, 5.41) is 4.11. The molecule has 2 aromatic rings. The molecule has 0 spiro atoms. The lowest BCUT2D eigenvalue weighted by molar-refractivity contribution is -0.119. The lowest BCUT2D eigenvalue weighted by Gasteiger charge is -2.31. The van der Waals surface area contributed by atoms with Gasteiger partial charge in [0.1, 0.15) is 5.69 Å². The summed E-state index contributed by atoms with van der Waals surface area (Å²) < 4.78 is 0. The first-order chi connectivity index (χ1) is 11.0. The van der Waals surface area contributed by atoms with Crippen LogP contribution in [0.2, 0.25) is 0 Å². The van der Waals surface area contributed by atoms with E-state index in [1.54, 1.807) is 0 Å². The summed E-state index contributed by atoms with van der Waals surface area (Å²) in [6.45, 7) is 3.88. The summed E-state index contributed by atoms with van der Waals surface area (Å²) in [6, 6.07) is 8.10. The molecule has 1 aromatic carbocycles. The Bertz CT molecular complexity index is 729. The number of hydrogen-bond acceptors (Lipinski definition) is 3. The Kier molecular flexibility index (Phi) is 4.34. The molecule has 1 aromatic heterocycles. The van der Waals surface area contributed by atoms with Gasteiger partial charge in [0.05, 0.1) is 6.54 Å². The number of benzene rings is 1. The van der Waals surface area contributed by atoms with Gasteiger partial charge in [0.25, 0.3) is 5.91 Å². The molecule has 1 saturated heterocycles. The first-order valence-electron chi connectivity index (χ1n) is 7.92. The third-order valence-electron chi connectivity index (χ3n) is 4.32. The van der Waals surface area contributed by atoms with Gasteiger partial charge in [-0.1, -0.05) is 12.1 Å². The maximum atomic E-state index is 12.4. The summed E-state index contributed by atoms with van der Waals surface area (Å²) >= 11 is 0. The molecule has 6 nitrogen and oxygen atoms in total. The molecule has 1 aliphatic heterocycles. The number of nitrogens with one attached hydrogen (secondary N) is 2. The molecule has 6 heteroatoms. The standard InChI is InChI=1S/C17H22N4O2/c1-11-2-3-12-9-15(20-14(12)8-11)17(23)19-13-4-6-21(7-5-13)10-16(18)22/h2-3,8-9,13,20H,4-7,10H2,1H3,(H2,18,22)(H,19,23). The van der Waals surface area contributed by atoms with Crippen LogP contribution < -0.4 is 11.1 Å². The van der Waals surface area contributed by atoms with Crippen molar-refractivity contribution in [2.75, 3.05) is 19.6 Å². The first kappa shape index (κ1) is 15.6. The highest BCUT2D eigenvalue weighted by atomic mass is 16.2. The van der Waals surface area contributed by atoms with Crippen molar-refractivity contribution in [2.45, 2.75) is 25.8 Å². The highest BCUT2D eigenvalue weighted by Crippen LogP contribution is 2.17. The maximum Gasteiger partial charge on any atom is 0.267 e. The van der Waals surface area contributed by atoms with Crippen LogP contribution in [-0.4, -0.2) is 47.4 Å². The molecule has 0 bridgehead atoms. The van der Waals surface area contributed by atoms with Gasteiger partial charge in [0.15, 0.2) is 0 Å². The van der Waals surface area contributed by atoms with Crippen LogP contribution in [0.1, 0.15) is 28.9 Å². The van der Waals surface area contributed by atoms with E-state index in [2.05, 4.69) is 10.3 Å². The van der Waals surface area contributed by atoms with Crippen molar-refractivity contribution in [2.24, 2.45) is 5.73 Å². The van der Waals surface area contributed by atoms with Crippen molar-refractivity contribution in [3.63, 3.8) is 0 Å². The largest absolute Gasteiger partial charge is 0.369 e. The van der Waals surface area contributed by atoms with Crippen molar-refractivity contribution in [1.82, 2.24) is 15.2 Å². The van der Waals surface area contributed by atoms with Crippen LogP contribution in [0.25, 0.3) is 10.9 Å². The zero-order chi connectivity index (χ0) is 16.4. The normalized spacial score (nSPS) is 16.6. The minimum Gasteiger partial charge on any atom is -0.369 e. The van der Waals surface area contributed by atoms with Gasteiger partial charge in [-0.3, -0.25) is 14.5 Å². The molecule has 2 amide bonds. The van der Waals surface area contributed by atoms with E-state index in [4.69, 9.17) is 5.73 Å². The number of nitrogens with zero attached hydrogens (tertiary/aromatic N) is 1. The molecule has 23 heavy (non-hydrogen) atoms. The van der Waals surface area contributed by atoms with Crippen molar-refractivity contribution < 1.29 is 9.59 Å². The number of rotatable bonds is 4. The second-order valence-corrected chi connectivity index (χ2v) is 6.26. The van der Waals surface area contributed by atoms with Crippen LogP contribution in [0.5, 0.6) is 0 Å². The third-order valence-corrected chi connectivity index (χ3v) is 4.32. The predicted molar refractivity (Wildman–Crippen MR) is 89.2 cm³/mol. The van der Waals surface area contributed by atoms with Crippen LogP contribution in [0.3, 0.4) is 0 Å². The smallest absolute Gasteiger partial charge is 0.267 e. The molecule has 0 radical (unpaired) electrons. The number of H-pyrrole nitrogens is 1. The Morgan fingerprint density at radius 1 is 1.30 bits per heavy atom. The van der Waals surface area contributed by atoms with E-state index in [9.17, 15) is 9.59 Å². The number of fused-ring (bicyclic) bond motifs is 1. The van der Waals surface area contributed by atoms with Gasteiger partial charge in [-0.05, 0) is 37.5 Å². The van der Waals surface area contributed by atoms with Crippen LogP contribution in [0.4, 0.5) is 0 Å². The fraction of sp³-hybridized carbons (Fsp3) is 0.412. The fourth-order valence-electron chi connectivity index (χ4n) is 3.08. The molecular formula is C17H22N4O2. The van der Waals surface area contributed by atoms with Gasteiger partial charge in [-0.25, -0.2) is 0 Å². The number of piperidine rings is 1. The minimum atomic E-state index is -0.305. The Morgan fingerprint density at radius 3 is 2.74 bits per heavy atom. The summed E-state index contributed by atoms with van der Waals surface area (Å²) in [5.74, 6) is -0.381. The van der Waals surface area contributed by atoms with E-state index in [-0.39, 0.29) is 17.9 Å². The summed E-state index contributed by atoms with van der Waals surface area (Å²) in [6.07, 6.45) is 1.66. The van der Waals surface area contributed by atoms with E-state index in [0.29, 0.717) is 12.2 Å². The molecule has 4 N–H and O–H groups in total. The zero-order valence-electron chi connectivity index (χ0n) is 13.3. The third kappa shape index (κ3) is 3.71. The molecule has 0 unspecified atom stereocenters. The Morgan fingerprint density at radius 2 is 2.04 bits per heavy atom. The molecular weight excluding hydrogens is 292 g/mol. The minimum absolute atomic E-state index is 0.0767. The zero-order valence-corrected chi connectivity index (χ0v) is 13.3. The number of hydrogen-bond donors (Lipinski definition) is 3. The fourth-order valence-corrected chi connectivity index (χ4v) is 3.08. The molecule has 2 heterocycles. The molecule has 3 rings (SSSR count). The van der Waals surface area contributed by atoms with E-state index in [0.717, 1.165) is 42.4 Å². The number of carbonyl (C=O) groups is 2. The average Bonchev–Trinajstić information content (AvgIpc) is 2.92. The summed E-state index contributed by atoms with van der Waals surface area (Å²) in [4.78, 5) is 28.5. The van der Waals surface area contributed by atoms with Crippen molar-refractivity contribution in [3.8, 4) is 0 Å². The number of aromatic nitrogens is 1. The molecule has 0 atom stereocenters. The van der Waals surface area contributed by atoms with Gasteiger partial charge < -0.3 is 16.0 Å². The van der Waals surface area contributed by atoms with Crippen molar-refractivity contribution >= 4 is 22.7 Å². The van der Waals surface area contributed by atoms with Gasteiger partial charge >= 0.3 is 0 Å². The average molecular weight is 314 g/mol. The van der Waals surface area contributed by atoms with Crippen LogP contribution >= 0.6 is 0 Å². The number of carbonyl (C=O) groups excluding carboxylic acids is 2. The highest BCUT2D eigenvalue weighted by molar-refractivity contribution is 5.98. The molecule has 1 aliphatic rings. The van der Waals surface area contributed by atoms with Crippen molar-refractivity contribution in [3.05, 3.63) is 35.5 Å². The van der Waals surface area contributed by atoms with Crippen LogP contribution in [0.15, 0.2) is 24.3 Å². The molecule has 0 saturated carbocycles. The van der Waals surface area contributed by atoms with E-state index >= 15 is 0 Å². The van der Waals surface area contributed by atoms with E-state index < -0.39 is 0 Å². The quantitative estimate of drug-likeness (QED) is 0.791. The van der Waals surface area contributed by atoms with E-state index in [1.165, 1.54) is 0 Å². The van der Waals surface area contributed by atoms with Gasteiger partial charge in [0, 0.05) is 30.0 Å². The molecule has 1 fully saturated rings. The van der Waals surface area contributed by atoms with Crippen LogP contribution in [-0.2, 0) is 4.79 Å². The van der Waals surface area contributed by atoms with Crippen molar-refractivity contribution in [1.29, 1.82) is 0 Å². The summed E-state index contributed by atoms with van der Waals surface area (Å²) in [5.41, 5.74) is 7.93. The second kappa shape index (κ2) is 6.42. The van der Waals surface area contributed by atoms with Gasteiger partial charge in [0.2, 0.25) is 5.91 Å². The number of amides is 2. The number of nitrogens with two attached hydrogens (primary N) is 1. The highest BCUT2D eigenvalue weighted by Gasteiger charge is 2.22. The lowest BCUT2D eigenvalue weighted by Crippen LogP contribution is -2.46. The topological polar surface area (TPSA) is 91.2 Å². The maximum absolute atomic E-state index is 12.4. The Labute approximate surface area is 135 Å². The predicted octanol–water partition coefficient (Wildman–Crippen LogP) is 1.16. The lowest BCUT2D eigenvalue weighted by atomic mass is 10.0. The monoisotopic (exact) mass is 314 g/mol. The number of aromatic amines is 1. The summed E-state index contributed by atoms with van der Waals surface area (Å²) in [7, 11) is 0. The second-order valence-electron chi connectivity index (χ2n) is 6.26. The number of primary amides is 1.